The molecule has 0 bridgehead atoms. The molecule has 1 amide bonds. The van der Waals surface area contributed by atoms with Crippen LogP contribution in [0.15, 0.2) is 53.4 Å². The SMILES string of the molecule is Cc1ccc(/C=C/C(=O)Nc2ccc(F)c(S(=O)(=O)N3CCOCC3)c2)cc1. The number of anilines is 1. The first-order chi connectivity index (χ1) is 13.4. The van der Waals surface area contributed by atoms with E-state index in [1.54, 1.807) is 6.08 Å². The zero-order valence-corrected chi connectivity index (χ0v) is 16.2. The van der Waals surface area contributed by atoms with Crippen molar-refractivity contribution in [1.82, 2.24) is 4.31 Å². The Hall–Kier alpha value is -2.55. The Morgan fingerprint density at radius 2 is 1.82 bits per heavy atom. The van der Waals surface area contributed by atoms with Crippen LogP contribution in [0.3, 0.4) is 0 Å². The molecule has 1 saturated heterocycles. The fraction of sp³-hybridized carbons (Fsp3) is 0.250. The van der Waals surface area contributed by atoms with Crippen LogP contribution in [0.25, 0.3) is 6.08 Å². The first-order valence-electron chi connectivity index (χ1n) is 8.79. The maximum absolute atomic E-state index is 14.2. The number of rotatable bonds is 5. The number of aryl methyl sites for hydroxylation is 1. The van der Waals surface area contributed by atoms with E-state index >= 15 is 0 Å². The molecule has 0 radical (unpaired) electrons. The largest absolute Gasteiger partial charge is 0.379 e. The number of hydrogen-bond acceptors (Lipinski definition) is 4. The Bertz CT molecular complexity index is 982. The van der Waals surface area contributed by atoms with Gasteiger partial charge in [-0.05, 0) is 36.8 Å². The normalized spacial score (nSPS) is 15.6. The molecule has 0 aliphatic carbocycles. The predicted octanol–water partition coefficient (Wildman–Crippen LogP) is 2.81. The number of carbonyl (C=O) groups excluding carboxylic acids is 1. The number of ether oxygens (including phenoxy) is 1. The maximum atomic E-state index is 14.2. The Balaban J connectivity index is 1.75. The summed E-state index contributed by atoms with van der Waals surface area (Å²) in [4.78, 5) is 11.7. The molecule has 6 nitrogen and oxygen atoms in total. The third-order valence-electron chi connectivity index (χ3n) is 4.29. The van der Waals surface area contributed by atoms with Gasteiger partial charge < -0.3 is 10.1 Å². The van der Waals surface area contributed by atoms with E-state index in [-0.39, 0.29) is 32.0 Å². The van der Waals surface area contributed by atoms with Crippen LogP contribution in [0.2, 0.25) is 0 Å². The zero-order chi connectivity index (χ0) is 20.1. The zero-order valence-electron chi connectivity index (χ0n) is 15.4. The van der Waals surface area contributed by atoms with E-state index in [0.29, 0.717) is 0 Å². The average Bonchev–Trinajstić information content (AvgIpc) is 2.69. The first-order valence-corrected chi connectivity index (χ1v) is 10.2. The van der Waals surface area contributed by atoms with Crippen LogP contribution in [0.4, 0.5) is 10.1 Å². The Morgan fingerprint density at radius 1 is 1.14 bits per heavy atom. The van der Waals surface area contributed by atoms with Gasteiger partial charge in [0.15, 0.2) is 0 Å². The minimum Gasteiger partial charge on any atom is -0.379 e. The van der Waals surface area contributed by atoms with Gasteiger partial charge in [-0.3, -0.25) is 4.79 Å². The highest BCUT2D eigenvalue weighted by Gasteiger charge is 2.29. The second kappa shape index (κ2) is 8.64. The van der Waals surface area contributed by atoms with E-state index in [1.165, 1.54) is 16.4 Å². The third-order valence-corrected chi connectivity index (χ3v) is 6.20. The maximum Gasteiger partial charge on any atom is 0.248 e. The van der Waals surface area contributed by atoms with E-state index in [2.05, 4.69) is 5.32 Å². The van der Waals surface area contributed by atoms with Gasteiger partial charge in [0, 0.05) is 24.9 Å². The Labute approximate surface area is 163 Å². The molecule has 2 aromatic carbocycles. The molecule has 1 aliphatic rings. The number of nitrogens with one attached hydrogen (secondary N) is 1. The van der Waals surface area contributed by atoms with Crippen molar-refractivity contribution in [2.45, 2.75) is 11.8 Å². The molecule has 1 heterocycles. The van der Waals surface area contributed by atoms with Crippen LogP contribution in [-0.2, 0) is 19.6 Å². The van der Waals surface area contributed by atoms with Crippen molar-refractivity contribution in [2.24, 2.45) is 0 Å². The van der Waals surface area contributed by atoms with Crippen LogP contribution < -0.4 is 5.32 Å². The first kappa shape index (κ1) is 20.2. The van der Waals surface area contributed by atoms with Gasteiger partial charge in [-0.25, -0.2) is 12.8 Å². The van der Waals surface area contributed by atoms with Crippen molar-refractivity contribution < 1.29 is 22.3 Å². The van der Waals surface area contributed by atoms with Gasteiger partial charge >= 0.3 is 0 Å². The summed E-state index contributed by atoms with van der Waals surface area (Å²) in [5.74, 6) is -1.30. The summed E-state index contributed by atoms with van der Waals surface area (Å²) in [6.07, 6.45) is 2.98. The van der Waals surface area contributed by atoms with Crippen molar-refractivity contribution in [2.75, 3.05) is 31.6 Å². The quantitative estimate of drug-likeness (QED) is 0.778. The lowest BCUT2D eigenvalue weighted by Gasteiger charge is -2.26. The lowest BCUT2D eigenvalue weighted by atomic mass is 10.1. The molecule has 1 N–H and O–H groups in total. The van der Waals surface area contributed by atoms with E-state index in [9.17, 15) is 17.6 Å². The summed E-state index contributed by atoms with van der Waals surface area (Å²) in [5.41, 5.74) is 2.17. The average molecular weight is 404 g/mol. The summed E-state index contributed by atoms with van der Waals surface area (Å²) in [6, 6.07) is 11.1. The highest BCUT2D eigenvalue weighted by Crippen LogP contribution is 2.24. The molecule has 3 rings (SSSR count). The van der Waals surface area contributed by atoms with Crippen LogP contribution >= 0.6 is 0 Å². The van der Waals surface area contributed by atoms with E-state index < -0.39 is 26.6 Å². The fourth-order valence-corrected chi connectivity index (χ4v) is 4.24. The molecule has 1 fully saturated rings. The minimum atomic E-state index is -4.00. The number of hydrogen-bond donors (Lipinski definition) is 1. The van der Waals surface area contributed by atoms with Gasteiger partial charge in [-0.15, -0.1) is 0 Å². The van der Waals surface area contributed by atoms with Gasteiger partial charge in [-0.1, -0.05) is 29.8 Å². The number of carbonyl (C=O) groups is 1. The monoisotopic (exact) mass is 404 g/mol. The molecular formula is C20H21FN2O4S. The lowest BCUT2D eigenvalue weighted by Crippen LogP contribution is -2.40. The van der Waals surface area contributed by atoms with Gasteiger partial charge in [0.1, 0.15) is 10.7 Å². The molecule has 2 aromatic rings. The highest BCUT2D eigenvalue weighted by atomic mass is 32.2. The van der Waals surface area contributed by atoms with E-state index in [1.807, 2.05) is 31.2 Å². The van der Waals surface area contributed by atoms with Gasteiger partial charge in [0.25, 0.3) is 0 Å². The van der Waals surface area contributed by atoms with E-state index in [0.717, 1.165) is 23.3 Å². The van der Waals surface area contributed by atoms with E-state index in [4.69, 9.17) is 4.74 Å². The van der Waals surface area contributed by atoms with Gasteiger partial charge in [0.2, 0.25) is 15.9 Å². The number of benzene rings is 2. The molecule has 8 heteroatoms. The Morgan fingerprint density at radius 3 is 2.50 bits per heavy atom. The fourth-order valence-electron chi connectivity index (χ4n) is 2.74. The highest BCUT2D eigenvalue weighted by molar-refractivity contribution is 7.89. The number of morpholine rings is 1. The van der Waals surface area contributed by atoms with Crippen molar-refractivity contribution in [3.05, 3.63) is 65.5 Å². The number of halogens is 1. The number of amides is 1. The van der Waals surface area contributed by atoms with Crippen LogP contribution in [0, 0.1) is 12.7 Å². The molecule has 0 saturated carbocycles. The van der Waals surface area contributed by atoms with Crippen molar-refractivity contribution in [3.8, 4) is 0 Å². The second-order valence-electron chi connectivity index (χ2n) is 6.39. The topological polar surface area (TPSA) is 75.7 Å². The molecule has 28 heavy (non-hydrogen) atoms. The van der Waals surface area contributed by atoms with Crippen molar-refractivity contribution >= 4 is 27.7 Å². The molecule has 0 aromatic heterocycles. The third kappa shape index (κ3) is 4.83. The van der Waals surface area contributed by atoms with Crippen LogP contribution in [-0.4, -0.2) is 44.9 Å². The predicted molar refractivity (Wildman–Crippen MR) is 105 cm³/mol. The van der Waals surface area contributed by atoms with Gasteiger partial charge in [-0.2, -0.15) is 4.31 Å². The van der Waals surface area contributed by atoms with Crippen LogP contribution in [0.1, 0.15) is 11.1 Å². The smallest absolute Gasteiger partial charge is 0.248 e. The standard InChI is InChI=1S/C20H21FN2O4S/c1-15-2-4-16(5-3-15)6-9-20(24)22-17-7-8-18(21)19(14-17)28(25,26)23-10-12-27-13-11-23/h2-9,14H,10-13H2,1H3,(H,22,24)/b9-6+. The number of sulfonamides is 1. The summed E-state index contributed by atoms with van der Waals surface area (Å²) < 4.78 is 45.9. The van der Waals surface area contributed by atoms with Crippen LogP contribution in [0.5, 0.6) is 0 Å². The summed E-state index contributed by atoms with van der Waals surface area (Å²) >= 11 is 0. The molecule has 1 aliphatic heterocycles. The van der Waals surface area contributed by atoms with Gasteiger partial charge in [0.05, 0.1) is 13.2 Å². The lowest BCUT2D eigenvalue weighted by molar-refractivity contribution is -0.111. The Kier molecular flexibility index (Phi) is 6.23. The molecule has 0 spiro atoms. The summed E-state index contributed by atoms with van der Waals surface area (Å²) in [6.45, 7) is 2.83. The summed E-state index contributed by atoms with van der Waals surface area (Å²) in [5, 5.41) is 2.57. The van der Waals surface area contributed by atoms with Crippen molar-refractivity contribution in [1.29, 1.82) is 0 Å². The van der Waals surface area contributed by atoms with Crippen molar-refractivity contribution in [3.63, 3.8) is 0 Å². The molecular weight excluding hydrogens is 383 g/mol. The molecule has 0 atom stereocenters. The second-order valence-corrected chi connectivity index (χ2v) is 8.30. The molecule has 0 unspecified atom stereocenters. The number of nitrogens with zero attached hydrogens (tertiary/aromatic N) is 1. The summed E-state index contributed by atoms with van der Waals surface area (Å²) in [7, 11) is -4.00. The minimum absolute atomic E-state index is 0.164. The molecule has 148 valence electrons.